The zero-order chi connectivity index (χ0) is 15.5. The molecule has 0 N–H and O–H groups in total. The fourth-order valence-corrected chi connectivity index (χ4v) is 2.34. The first-order valence-corrected chi connectivity index (χ1v) is 6.70. The molecule has 22 heavy (non-hydrogen) atoms. The van der Waals surface area contributed by atoms with Crippen LogP contribution >= 0.6 is 0 Å². The lowest BCUT2D eigenvalue weighted by Gasteiger charge is -2.34. The Bertz CT molecular complexity index is 696. The van der Waals surface area contributed by atoms with E-state index in [1.165, 1.54) is 13.4 Å². The predicted molar refractivity (Wildman–Crippen MR) is 77.3 cm³/mol. The van der Waals surface area contributed by atoms with Crippen molar-refractivity contribution in [1.29, 1.82) is 0 Å². The molecular formula is C14H14FN5O2. The van der Waals surface area contributed by atoms with Crippen molar-refractivity contribution < 1.29 is 13.9 Å². The highest BCUT2D eigenvalue weighted by Crippen LogP contribution is 2.23. The monoisotopic (exact) mass is 303 g/mol. The maximum absolute atomic E-state index is 13.7. The van der Waals surface area contributed by atoms with Crippen LogP contribution in [-0.4, -0.2) is 47.6 Å². The van der Waals surface area contributed by atoms with Crippen LogP contribution in [0, 0.1) is 5.82 Å². The molecule has 7 nitrogen and oxygen atoms in total. The number of hydrogen-bond donors (Lipinski definition) is 0. The van der Waals surface area contributed by atoms with Gasteiger partial charge in [0, 0.05) is 25.4 Å². The van der Waals surface area contributed by atoms with Gasteiger partial charge in [0.2, 0.25) is 11.8 Å². The normalized spacial score (nSPS) is 15.1. The van der Waals surface area contributed by atoms with E-state index in [1.807, 2.05) is 0 Å². The quantitative estimate of drug-likeness (QED) is 0.838. The summed E-state index contributed by atoms with van der Waals surface area (Å²) in [6, 6.07) is 3.43. The van der Waals surface area contributed by atoms with Gasteiger partial charge in [0.15, 0.2) is 11.6 Å². The van der Waals surface area contributed by atoms with Gasteiger partial charge in [-0.15, -0.1) is 0 Å². The van der Waals surface area contributed by atoms with Crippen LogP contribution in [0.15, 0.2) is 30.9 Å². The van der Waals surface area contributed by atoms with Gasteiger partial charge < -0.3 is 14.5 Å². The molecule has 0 aliphatic carbocycles. The Morgan fingerprint density at radius 1 is 1.32 bits per heavy atom. The van der Waals surface area contributed by atoms with Crippen LogP contribution < -0.4 is 14.5 Å². The molecule has 0 atom stereocenters. The van der Waals surface area contributed by atoms with Crippen molar-refractivity contribution in [2.24, 2.45) is 0 Å². The molecular weight excluding hydrogens is 289 g/mol. The summed E-state index contributed by atoms with van der Waals surface area (Å²) in [5, 5.41) is 0. The lowest BCUT2D eigenvalue weighted by atomic mass is 10.2. The van der Waals surface area contributed by atoms with Crippen LogP contribution in [0.25, 0.3) is 0 Å². The summed E-state index contributed by atoms with van der Waals surface area (Å²) in [6.07, 6.45) is 3.94. The molecule has 1 saturated heterocycles. The number of hydrogen-bond acceptors (Lipinski definition) is 6. The third kappa shape index (κ3) is 2.67. The SMILES string of the molecule is COc1cc(N2CCN(c3ncncc3F)CC2=O)ccn1. The number of carbonyl (C=O) groups is 1. The molecule has 1 aliphatic heterocycles. The number of pyridine rings is 1. The second-order valence-electron chi connectivity index (χ2n) is 4.72. The lowest BCUT2D eigenvalue weighted by molar-refractivity contribution is -0.117. The van der Waals surface area contributed by atoms with Gasteiger partial charge in [0.25, 0.3) is 0 Å². The van der Waals surface area contributed by atoms with Crippen molar-refractivity contribution in [2.75, 3.05) is 36.5 Å². The molecule has 3 heterocycles. The molecule has 0 unspecified atom stereocenters. The molecule has 114 valence electrons. The van der Waals surface area contributed by atoms with Crippen molar-refractivity contribution in [3.05, 3.63) is 36.7 Å². The number of amides is 1. The van der Waals surface area contributed by atoms with Gasteiger partial charge in [-0.25, -0.2) is 19.3 Å². The summed E-state index contributed by atoms with van der Waals surface area (Å²) in [4.78, 5) is 27.1. The van der Waals surface area contributed by atoms with Gasteiger partial charge >= 0.3 is 0 Å². The third-order valence-electron chi connectivity index (χ3n) is 3.41. The Labute approximate surface area is 126 Å². The molecule has 2 aromatic rings. The third-order valence-corrected chi connectivity index (χ3v) is 3.41. The van der Waals surface area contributed by atoms with Gasteiger partial charge in [-0.1, -0.05) is 0 Å². The molecule has 2 aromatic heterocycles. The summed E-state index contributed by atoms with van der Waals surface area (Å²) in [5.41, 5.74) is 0.708. The van der Waals surface area contributed by atoms with E-state index in [1.54, 1.807) is 28.1 Å². The lowest BCUT2D eigenvalue weighted by Crippen LogP contribution is -2.51. The molecule has 1 amide bonds. The van der Waals surface area contributed by atoms with Gasteiger partial charge in [-0.2, -0.15) is 0 Å². The average molecular weight is 303 g/mol. The second-order valence-corrected chi connectivity index (χ2v) is 4.72. The van der Waals surface area contributed by atoms with Crippen LogP contribution in [0.1, 0.15) is 0 Å². The van der Waals surface area contributed by atoms with Crippen LogP contribution in [0.2, 0.25) is 0 Å². The van der Waals surface area contributed by atoms with Crippen molar-refractivity contribution >= 4 is 17.4 Å². The molecule has 3 rings (SSSR count). The number of ether oxygens (including phenoxy) is 1. The number of rotatable bonds is 3. The van der Waals surface area contributed by atoms with E-state index in [0.717, 1.165) is 6.20 Å². The minimum atomic E-state index is -0.533. The fraction of sp³-hybridized carbons (Fsp3) is 0.286. The molecule has 0 saturated carbocycles. The maximum Gasteiger partial charge on any atom is 0.246 e. The van der Waals surface area contributed by atoms with E-state index < -0.39 is 5.82 Å². The van der Waals surface area contributed by atoms with E-state index in [-0.39, 0.29) is 18.3 Å². The molecule has 0 spiro atoms. The number of aromatic nitrogens is 3. The maximum atomic E-state index is 13.7. The topological polar surface area (TPSA) is 71.5 Å². The second kappa shape index (κ2) is 5.92. The number of anilines is 2. The smallest absolute Gasteiger partial charge is 0.246 e. The van der Waals surface area contributed by atoms with E-state index in [9.17, 15) is 9.18 Å². The van der Waals surface area contributed by atoms with Gasteiger partial charge in [-0.3, -0.25) is 4.79 Å². The zero-order valence-corrected chi connectivity index (χ0v) is 11.9. The number of methoxy groups -OCH3 is 1. The Balaban J connectivity index is 1.78. The summed E-state index contributed by atoms with van der Waals surface area (Å²) < 4.78 is 18.8. The standard InChI is InChI=1S/C14H14FN5O2/c1-22-12-6-10(2-3-17-12)20-5-4-19(8-13(20)21)14-11(15)7-16-9-18-14/h2-3,6-7,9H,4-5,8H2,1H3. The Hall–Kier alpha value is -2.77. The summed E-state index contributed by atoms with van der Waals surface area (Å²) >= 11 is 0. The molecule has 0 radical (unpaired) electrons. The summed E-state index contributed by atoms with van der Waals surface area (Å²) in [5.74, 6) is -0.0864. The highest BCUT2D eigenvalue weighted by atomic mass is 19.1. The van der Waals surface area contributed by atoms with Crippen molar-refractivity contribution in [3.8, 4) is 5.88 Å². The van der Waals surface area contributed by atoms with E-state index in [2.05, 4.69) is 15.0 Å². The molecule has 0 aromatic carbocycles. The van der Waals surface area contributed by atoms with Crippen LogP contribution in [-0.2, 0) is 4.79 Å². The summed E-state index contributed by atoms with van der Waals surface area (Å²) in [6.45, 7) is 0.957. The highest BCUT2D eigenvalue weighted by molar-refractivity contribution is 5.97. The van der Waals surface area contributed by atoms with Crippen LogP contribution in [0.4, 0.5) is 15.9 Å². The Morgan fingerprint density at radius 2 is 2.18 bits per heavy atom. The van der Waals surface area contributed by atoms with Gasteiger partial charge in [0.1, 0.15) is 6.33 Å². The average Bonchev–Trinajstić information content (AvgIpc) is 2.55. The first kappa shape index (κ1) is 14.2. The van der Waals surface area contributed by atoms with Crippen molar-refractivity contribution in [1.82, 2.24) is 15.0 Å². The Kier molecular flexibility index (Phi) is 3.82. The number of carbonyl (C=O) groups excluding carboxylic acids is 1. The van der Waals surface area contributed by atoms with E-state index >= 15 is 0 Å². The largest absolute Gasteiger partial charge is 0.481 e. The van der Waals surface area contributed by atoms with Crippen LogP contribution in [0.5, 0.6) is 5.88 Å². The van der Waals surface area contributed by atoms with Crippen LogP contribution in [0.3, 0.4) is 0 Å². The highest BCUT2D eigenvalue weighted by Gasteiger charge is 2.27. The first-order valence-electron chi connectivity index (χ1n) is 6.70. The molecule has 1 aliphatic rings. The fourth-order valence-electron chi connectivity index (χ4n) is 2.34. The number of piperazine rings is 1. The summed E-state index contributed by atoms with van der Waals surface area (Å²) in [7, 11) is 1.52. The van der Waals surface area contributed by atoms with E-state index in [4.69, 9.17) is 4.74 Å². The first-order chi connectivity index (χ1) is 10.7. The minimum Gasteiger partial charge on any atom is -0.481 e. The predicted octanol–water partition coefficient (Wildman–Crippen LogP) is 0.872. The van der Waals surface area contributed by atoms with Gasteiger partial charge in [-0.05, 0) is 6.07 Å². The van der Waals surface area contributed by atoms with E-state index in [0.29, 0.717) is 24.7 Å². The molecule has 8 heteroatoms. The van der Waals surface area contributed by atoms with Crippen molar-refractivity contribution in [2.45, 2.75) is 0 Å². The number of nitrogens with zero attached hydrogens (tertiary/aromatic N) is 5. The molecule has 1 fully saturated rings. The minimum absolute atomic E-state index is 0.0541. The van der Waals surface area contributed by atoms with Crippen molar-refractivity contribution in [3.63, 3.8) is 0 Å². The van der Waals surface area contributed by atoms with Gasteiger partial charge in [0.05, 0.1) is 25.5 Å². The Morgan fingerprint density at radius 3 is 2.91 bits per heavy atom. The zero-order valence-electron chi connectivity index (χ0n) is 11.9. The molecule has 0 bridgehead atoms. The number of halogens is 1.